The zero-order valence-corrected chi connectivity index (χ0v) is 18.7. The predicted octanol–water partition coefficient (Wildman–Crippen LogP) is 5.52. The molecule has 162 valence electrons. The second-order valence-corrected chi connectivity index (χ2v) is 8.32. The van der Waals surface area contributed by atoms with Crippen molar-refractivity contribution in [2.75, 3.05) is 32.6 Å². The third-order valence-electron chi connectivity index (χ3n) is 5.73. The summed E-state index contributed by atoms with van der Waals surface area (Å²) in [5, 5.41) is 4.89. The van der Waals surface area contributed by atoms with Gasteiger partial charge in [-0.05, 0) is 55.2 Å². The molecule has 0 spiro atoms. The Kier molecular flexibility index (Phi) is 6.18. The number of rotatable bonds is 5. The van der Waals surface area contributed by atoms with Gasteiger partial charge >= 0.3 is 0 Å². The quantitative estimate of drug-likeness (QED) is 0.567. The first-order valence-electron chi connectivity index (χ1n) is 10.4. The van der Waals surface area contributed by atoms with Crippen LogP contribution in [-0.4, -0.2) is 43.1 Å². The van der Waals surface area contributed by atoms with Gasteiger partial charge in [-0.15, -0.1) is 0 Å². The van der Waals surface area contributed by atoms with E-state index in [9.17, 15) is 4.79 Å². The molecule has 0 aliphatic carbocycles. The maximum Gasteiger partial charge on any atom is 0.272 e. The van der Waals surface area contributed by atoms with Crippen LogP contribution in [0.25, 0.3) is 10.9 Å². The number of hydrogen-bond donors (Lipinski definition) is 1. The highest BCUT2D eigenvalue weighted by Gasteiger charge is 2.24. The van der Waals surface area contributed by atoms with E-state index in [1.807, 2.05) is 41.3 Å². The molecule has 0 radical (unpaired) electrons. The van der Waals surface area contributed by atoms with Gasteiger partial charge in [-0.1, -0.05) is 18.5 Å². The van der Waals surface area contributed by atoms with Crippen LogP contribution in [0.2, 0.25) is 5.02 Å². The molecule has 1 N–H and O–H groups in total. The number of nitrogens with one attached hydrogen (secondary N) is 1. The number of piperidine rings is 1. The van der Waals surface area contributed by atoms with Gasteiger partial charge < -0.3 is 19.7 Å². The van der Waals surface area contributed by atoms with E-state index in [1.165, 1.54) is 0 Å². The first-order chi connectivity index (χ1) is 15.0. The molecule has 1 fully saturated rings. The highest BCUT2D eigenvalue weighted by molar-refractivity contribution is 6.30. The van der Waals surface area contributed by atoms with Gasteiger partial charge in [0.15, 0.2) is 11.5 Å². The zero-order valence-electron chi connectivity index (χ0n) is 17.9. The number of anilines is 2. The molecule has 0 unspecified atom stereocenters. The van der Waals surface area contributed by atoms with Gasteiger partial charge in [0.25, 0.3) is 5.91 Å². The molecule has 0 bridgehead atoms. The number of ether oxygens (including phenoxy) is 2. The van der Waals surface area contributed by atoms with Crippen molar-refractivity contribution in [1.29, 1.82) is 0 Å². The Morgan fingerprint density at radius 3 is 2.35 bits per heavy atom. The van der Waals surface area contributed by atoms with E-state index >= 15 is 0 Å². The van der Waals surface area contributed by atoms with Crippen molar-refractivity contribution in [2.24, 2.45) is 5.92 Å². The molecule has 1 aliphatic heterocycles. The number of carbonyl (C=O) groups is 1. The molecular weight excluding hydrogens is 414 g/mol. The maximum absolute atomic E-state index is 13.2. The summed E-state index contributed by atoms with van der Waals surface area (Å²) >= 11 is 6.03. The summed E-state index contributed by atoms with van der Waals surface area (Å²) in [7, 11) is 3.18. The van der Waals surface area contributed by atoms with Crippen molar-refractivity contribution in [3.05, 3.63) is 53.2 Å². The van der Waals surface area contributed by atoms with E-state index in [2.05, 4.69) is 17.2 Å². The molecule has 1 saturated heterocycles. The van der Waals surface area contributed by atoms with E-state index in [4.69, 9.17) is 21.1 Å². The molecule has 0 saturated carbocycles. The molecule has 0 atom stereocenters. The van der Waals surface area contributed by atoms with Crippen molar-refractivity contribution in [3.8, 4) is 11.5 Å². The van der Waals surface area contributed by atoms with Crippen LogP contribution < -0.4 is 14.8 Å². The number of hydrogen-bond acceptors (Lipinski definition) is 5. The van der Waals surface area contributed by atoms with Gasteiger partial charge in [0.05, 0.1) is 25.4 Å². The van der Waals surface area contributed by atoms with E-state index < -0.39 is 0 Å². The number of methoxy groups -OCH3 is 2. The number of likely N-dealkylation sites (tertiary alicyclic amines) is 1. The van der Waals surface area contributed by atoms with Crippen LogP contribution in [0.15, 0.2) is 42.5 Å². The van der Waals surface area contributed by atoms with Gasteiger partial charge in [0.1, 0.15) is 5.69 Å². The summed E-state index contributed by atoms with van der Waals surface area (Å²) in [5.41, 5.74) is 2.69. The van der Waals surface area contributed by atoms with Crippen molar-refractivity contribution < 1.29 is 14.3 Å². The summed E-state index contributed by atoms with van der Waals surface area (Å²) in [6.45, 7) is 3.74. The summed E-state index contributed by atoms with van der Waals surface area (Å²) in [6.07, 6.45) is 2.03. The Bertz CT molecular complexity index is 1090. The van der Waals surface area contributed by atoms with Gasteiger partial charge in [-0.25, -0.2) is 4.98 Å². The number of nitrogens with zero attached hydrogens (tertiary/aromatic N) is 2. The number of amides is 1. The Morgan fingerprint density at radius 1 is 1.06 bits per heavy atom. The lowest BCUT2D eigenvalue weighted by atomic mass is 9.99. The zero-order chi connectivity index (χ0) is 22.0. The lowest BCUT2D eigenvalue weighted by Gasteiger charge is -2.30. The number of benzene rings is 2. The molecule has 7 heteroatoms. The fraction of sp³-hybridized carbons (Fsp3) is 0.333. The standard InChI is InChI=1S/C24H26ClN3O3/c1-15-8-10-28(11-9-15)24(29)21-13-19(26-17-6-4-16(25)5-7-17)18-12-22(30-2)23(31-3)14-20(18)27-21/h4-7,12-15H,8-11H2,1-3H3,(H,26,27). The topological polar surface area (TPSA) is 63.7 Å². The summed E-state index contributed by atoms with van der Waals surface area (Å²) in [6, 6.07) is 12.9. The van der Waals surface area contributed by atoms with E-state index in [-0.39, 0.29) is 5.91 Å². The number of halogens is 1. The van der Waals surface area contributed by atoms with Crippen LogP contribution >= 0.6 is 11.6 Å². The fourth-order valence-electron chi connectivity index (χ4n) is 3.83. The van der Waals surface area contributed by atoms with E-state index in [0.29, 0.717) is 33.7 Å². The van der Waals surface area contributed by atoms with Crippen molar-refractivity contribution >= 4 is 39.8 Å². The Balaban J connectivity index is 1.79. The molecule has 2 heterocycles. The summed E-state index contributed by atoms with van der Waals surface area (Å²) < 4.78 is 10.9. The second kappa shape index (κ2) is 9.02. The van der Waals surface area contributed by atoms with Crippen molar-refractivity contribution in [2.45, 2.75) is 19.8 Å². The van der Waals surface area contributed by atoms with E-state index in [1.54, 1.807) is 20.3 Å². The number of carbonyl (C=O) groups excluding carboxylic acids is 1. The first-order valence-corrected chi connectivity index (χ1v) is 10.7. The molecule has 2 aromatic carbocycles. The molecule has 31 heavy (non-hydrogen) atoms. The molecule has 6 nitrogen and oxygen atoms in total. The third kappa shape index (κ3) is 4.54. The van der Waals surface area contributed by atoms with Gasteiger partial charge in [-0.2, -0.15) is 0 Å². The first kappa shape index (κ1) is 21.2. The van der Waals surface area contributed by atoms with Crippen LogP contribution in [-0.2, 0) is 0 Å². The third-order valence-corrected chi connectivity index (χ3v) is 5.98. The highest BCUT2D eigenvalue weighted by atomic mass is 35.5. The SMILES string of the molecule is COc1cc2nc(C(=O)N3CCC(C)CC3)cc(Nc3ccc(Cl)cc3)c2cc1OC. The van der Waals surface area contributed by atoms with Crippen molar-refractivity contribution in [3.63, 3.8) is 0 Å². The largest absolute Gasteiger partial charge is 0.493 e. The summed E-state index contributed by atoms with van der Waals surface area (Å²) in [4.78, 5) is 19.8. The van der Waals surface area contributed by atoms with Crippen LogP contribution in [0.4, 0.5) is 11.4 Å². The minimum atomic E-state index is -0.0530. The van der Waals surface area contributed by atoms with Crippen LogP contribution in [0.3, 0.4) is 0 Å². The van der Waals surface area contributed by atoms with Gasteiger partial charge in [0, 0.05) is 35.3 Å². The molecule has 3 aromatic rings. The van der Waals surface area contributed by atoms with Crippen LogP contribution in [0.1, 0.15) is 30.3 Å². The smallest absolute Gasteiger partial charge is 0.272 e. The Hall–Kier alpha value is -2.99. The van der Waals surface area contributed by atoms with Crippen molar-refractivity contribution in [1.82, 2.24) is 9.88 Å². The summed E-state index contributed by atoms with van der Waals surface area (Å²) in [5.74, 6) is 1.76. The predicted molar refractivity (Wildman–Crippen MR) is 124 cm³/mol. The average molecular weight is 440 g/mol. The molecule has 1 amide bonds. The fourth-order valence-corrected chi connectivity index (χ4v) is 3.95. The minimum Gasteiger partial charge on any atom is -0.493 e. The maximum atomic E-state index is 13.2. The van der Waals surface area contributed by atoms with Gasteiger partial charge in [0.2, 0.25) is 0 Å². The molecular formula is C24H26ClN3O3. The van der Waals surface area contributed by atoms with Crippen LogP contribution in [0.5, 0.6) is 11.5 Å². The number of aromatic nitrogens is 1. The minimum absolute atomic E-state index is 0.0530. The Labute approximate surface area is 187 Å². The van der Waals surface area contributed by atoms with Crippen LogP contribution in [0, 0.1) is 5.92 Å². The molecule has 1 aliphatic rings. The lowest BCUT2D eigenvalue weighted by Crippen LogP contribution is -2.38. The van der Waals surface area contributed by atoms with Gasteiger partial charge in [-0.3, -0.25) is 4.79 Å². The highest BCUT2D eigenvalue weighted by Crippen LogP contribution is 2.36. The molecule has 4 rings (SSSR count). The van der Waals surface area contributed by atoms with E-state index in [0.717, 1.165) is 42.7 Å². The molecule has 1 aromatic heterocycles. The number of pyridine rings is 1. The Morgan fingerprint density at radius 2 is 1.71 bits per heavy atom. The second-order valence-electron chi connectivity index (χ2n) is 7.89. The lowest BCUT2D eigenvalue weighted by molar-refractivity contribution is 0.0691. The average Bonchev–Trinajstić information content (AvgIpc) is 2.79. The number of fused-ring (bicyclic) bond motifs is 1. The normalized spacial score (nSPS) is 14.5. The monoisotopic (exact) mass is 439 g/mol.